The van der Waals surface area contributed by atoms with Crippen molar-refractivity contribution >= 4 is 11.3 Å². The fourth-order valence-electron chi connectivity index (χ4n) is 1.68. The van der Waals surface area contributed by atoms with Gasteiger partial charge in [-0.15, -0.1) is 11.3 Å². The molecule has 0 aliphatic heterocycles. The number of rotatable bonds is 5. The Balaban J connectivity index is 2.33. The van der Waals surface area contributed by atoms with E-state index >= 15 is 0 Å². The standard InChI is InChI=1S/C13H18N4S/c1-4-14-8-10-11(9(2)3)17-13(18-10)12-15-6-5-7-16-12/h5-7,9,14H,4,8H2,1-3H3. The third kappa shape index (κ3) is 2.91. The molecule has 0 saturated carbocycles. The molecule has 1 N–H and O–H groups in total. The van der Waals surface area contributed by atoms with Crippen LogP contribution in [-0.2, 0) is 6.54 Å². The van der Waals surface area contributed by atoms with Crippen molar-refractivity contribution in [3.05, 3.63) is 29.0 Å². The molecule has 0 unspecified atom stereocenters. The summed E-state index contributed by atoms with van der Waals surface area (Å²) in [5.74, 6) is 1.14. The minimum Gasteiger partial charge on any atom is -0.312 e. The van der Waals surface area contributed by atoms with E-state index in [-0.39, 0.29) is 0 Å². The highest BCUT2D eigenvalue weighted by Gasteiger charge is 2.15. The molecule has 0 atom stereocenters. The van der Waals surface area contributed by atoms with Crippen LogP contribution < -0.4 is 5.32 Å². The molecule has 2 rings (SSSR count). The first-order chi connectivity index (χ1) is 8.72. The van der Waals surface area contributed by atoms with Crippen molar-refractivity contribution in [1.82, 2.24) is 20.3 Å². The summed E-state index contributed by atoms with van der Waals surface area (Å²) in [5.41, 5.74) is 1.16. The summed E-state index contributed by atoms with van der Waals surface area (Å²) < 4.78 is 0. The Morgan fingerprint density at radius 2 is 2.00 bits per heavy atom. The van der Waals surface area contributed by atoms with E-state index in [0.29, 0.717) is 11.7 Å². The smallest absolute Gasteiger partial charge is 0.188 e. The van der Waals surface area contributed by atoms with Gasteiger partial charge in [0.1, 0.15) is 0 Å². The van der Waals surface area contributed by atoms with Gasteiger partial charge in [0.2, 0.25) is 0 Å². The van der Waals surface area contributed by atoms with Gasteiger partial charge < -0.3 is 5.32 Å². The van der Waals surface area contributed by atoms with E-state index in [0.717, 1.165) is 23.8 Å². The summed E-state index contributed by atoms with van der Waals surface area (Å²) in [6.45, 7) is 8.28. The number of nitrogens with zero attached hydrogens (tertiary/aromatic N) is 3. The summed E-state index contributed by atoms with van der Waals surface area (Å²) in [6.07, 6.45) is 3.51. The zero-order valence-electron chi connectivity index (χ0n) is 11.0. The number of thiazole rings is 1. The van der Waals surface area contributed by atoms with Gasteiger partial charge in [0.25, 0.3) is 0 Å². The maximum Gasteiger partial charge on any atom is 0.188 e. The van der Waals surface area contributed by atoms with Crippen LogP contribution in [0.4, 0.5) is 0 Å². The predicted octanol–water partition coefficient (Wildman–Crippen LogP) is 2.83. The lowest BCUT2D eigenvalue weighted by molar-refractivity contribution is 0.714. The Bertz CT molecular complexity index is 493. The van der Waals surface area contributed by atoms with Gasteiger partial charge in [-0.05, 0) is 18.5 Å². The van der Waals surface area contributed by atoms with Crippen molar-refractivity contribution in [2.24, 2.45) is 0 Å². The number of aromatic nitrogens is 3. The zero-order chi connectivity index (χ0) is 13.0. The van der Waals surface area contributed by atoms with E-state index in [1.807, 2.05) is 6.07 Å². The van der Waals surface area contributed by atoms with Crippen molar-refractivity contribution in [3.8, 4) is 10.8 Å². The van der Waals surface area contributed by atoms with Crippen molar-refractivity contribution in [1.29, 1.82) is 0 Å². The van der Waals surface area contributed by atoms with Gasteiger partial charge in [0.15, 0.2) is 10.8 Å². The van der Waals surface area contributed by atoms with E-state index in [1.165, 1.54) is 4.88 Å². The molecule has 0 bridgehead atoms. The molecule has 0 saturated heterocycles. The molecule has 0 radical (unpaired) electrons. The second-order valence-corrected chi connectivity index (χ2v) is 5.42. The van der Waals surface area contributed by atoms with Gasteiger partial charge >= 0.3 is 0 Å². The number of hydrogen-bond donors (Lipinski definition) is 1. The van der Waals surface area contributed by atoms with Crippen LogP contribution in [0.2, 0.25) is 0 Å². The average Bonchev–Trinajstić information content (AvgIpc) is 2.81. The summed E-state index contributed by atoms with van der Waals surface area (Å²) >= 11 is 1.68. The molecule has 96 valence electrons. The normalized spacial score (nSPS) is 11.1. The Labute approximate surface area is 112 Å². The van der Waals surface area contributed by atoms with Crippen LogP contribution >= 0.6 is 11.3 Å². The van der Waals surface area contributed by atoms with E-state index in [1.54, 1.807) is 23.7 Å². The minimum atomic E-state index is 0.423. The molecular weight excluding hydrogens is 244 g/mol. The fraction of sp³-hybridized carbons (Fsp3) is 0.462. The fourth-order valence-corrected chi connectivity index (χ4v) is 2.82. The molecule has 0 aliphatic carbocycles. The zero-order valence-corrected chi connectivity index (χ0v) is 11.8. The first-order valence-corrected chi connectivity index (χ1v) is 7.01. The maximum absolute atomic E-state index is 4.69. The lowest BCUT2D eigenvalue weighted by Crippen LogP contribution is -2.12. The van der Waals surface area contributed by atoms with Crippen LogP contribution in [0.3, 0.4) is 0 Å². The van der Waals surface area contributed by atoms with Gasteiger partial charge in [-0.2, -0.15) is 0 Å². The van der Waals surface area contributed by atoms with Crippen LogP contribution in [0.25, 0.3) is 10.8 Å². The lowest BCUT2D eigenvalue weighted by atomic mass is 10.1. The molecule has 2 aromatic heterocycles. The van der Waals surface area contributed by atoms with Crippen molar-refractivity contribution < 1.29 is 0 Å². The monoisotopic (exact) mass is 262 g/mol. The summed E-state index contributed by atoms with van der Waals surface area (Å²) in [6, 6.07) is 1.82. The Kier molecular flexibility index (Phi) is 4.38. The third-order valence-electron chi connectivity index (χ3n) is 2.57. The van der Waals surface area contributed by atoms with Gasteiger partial charge in [-0.1, -0.05) is 20.8 Å². The minimum absolute atomic E-state index is 0.423. The largest absolute Gasteiger partial charge is 0.312 e. The Morgan fingerprint density at radius 3 is 2.61 bits per heavy atom. The molecule has 0 fully saturated rings. The maximum atomic E-state index is 4.69. The van der Waals surface area contributed by atoms with Crippen molar-refractivity contribution in [2.75, 3.05) is 6.54 Å². The first-order valence-electron chi connectivity index (χ1n) is 6.20. The molecule has 0 spiro atoms. The summed E-state index contributed by atoms with van der Waals surface area (Å²) in [4.78, 5) is 14.5. The predicted molar refractivity (Wildman–Crippen MR) is 74.6 cm³/mol. The summed E-state index contributed by atoms with van der Waals surface area (Å²) in [5, 5.41) is 4.26. The molecular formula is C13H18N4S. The second kappa shape index (κ2) is 6.02. The average molecular weight is 262 g/mol. The molecule has 2 aromatic rings. The SMILES string of the molecule is CCNCc1sc(-c2ncccn2)nc1C(C)C. The van der Waals surface area contributed by atoms with Crippen LogP contribution in [-0.4, -0.2) is 21.5 Å². The number of hydrogen-bond acceptors (Lipinski definition) is 5. The van der Waals surface area contributed by atoms with Crippen molar-refractivity contribution in [3.63, 3.8) is 0 Å². The highest BCUT2D eigenvalue weighted by atomic mass is 32.1. The molecule has 4 nitrogen and oxygen atoms in total. The molecule has 0 aromatic carbocycles. The molecule has 2 heterocycles. The third-order valence-corrected chi connectivity index (χ3v) is 3.63. The first kappa shape index (κ1) is 13.1. The highest BCUT2D eigenvalue weighted by Crippen LogP contribution is 2.29. The molecule has 0 amide bonds. The van der Waals surface area contributed by atoms with E-state index in [2.05, 4.69) is 41.0 Å². The van der Waals surface area contributed by atoms with Gasteiger partial charge in [0, 0.05) is 23.8 Å². The molecule has 0 aliphatic rings. The van der Waals surface area contributed by atoms with Crippen LogP contribution in [0.1, 0.15) is 37.3 Å². The van der Waals surface area contributed by atoms with Gasteiger partial charge in [-0.3, -0.25) is 0 Å². The van der Waals surface area contributed by atoms with Crippen LogP contribution in [0.5, 0.6) is 0 Å². The van der Waals surface area contributed by atoms with Crippen LogP contribution in [0.15, 0.2) is 18.5 Å². The van der Waals surface area contributed by atoms with E-state index in [4.69, 9.17) is 0 Å². The topological polar surface area (TPSA) is 50.7 Å². The van der Waals surface area contributed by atoms with Gasteiger partial charge in [0.05, 0.1) is 5.69 Å². The Hall–Kier alpha value is -1.33. The van der Waals surface area contributed by atoms with Gasteiger partial charge in [-0.25, -0.2) is 15.0 Å². The molecule has 5 heteroatoms. The Morgan fingerprint density at radius 1 is 1.28 bits per heavy atom. The quantitative estimate of drug-likeness (QED) is 0.900. The van der Waals surface area contributed by atoms with Crippen molar-refractivity contribution in [2.45, 2.75) is 33.2 Å². The molecule has 18 heavy (non-hydrogen) atoms. The lowest BCUT2D eigenvalue weighted by Gasteiger charge is -2.04. The highest BCUT2D eigenvalue weighted by molar-refractivity contribution is 7.15. The van der Waals surface area contributed by atoms with Crippen LogP contribution in [0, 0.1) is 0 Å². The number of nitrogens with one attached hydrogen (secondary N) is 1. The van der Waals surface area contributed by atoms with E-state index < -0.39 is 0 Å². The summed E-state index contributed by atoms with van der Waals surface area (Å²) in [7, 11) is 0. The van der Waals surface area contributed by atoms with E-state index in [9.17, 15) is 0 Å². The second-order valence-electron chi connectivity index (χ2n) is 4.33.